The zero-order valence-electron chi connectivity index (χ0n) is 9.83. The van der Waals surface area contributed by atoms with Gasteiger partial charge in [-0.15, -0.1) is 0 Å². The van der Waals surface area contributed by atoms with Crippen molar-refractivity contribution in [3.8, 4) is 0 Å². The minimum absolute atomic E-state index is 0.119. The zero-order chi connectivity index (χ0) is 13.3. The molecular formula is C12H12N2O3S. The smallest absolute Gasteiger partial charge is 0.253 e. The third kappa shape index (κ3) is 2.19. The number of carbonyl (C=O) groups is 1. The molecule has 0 bridgehead atoms. The van der Waals surface area contributed by atoms with Crippen molar-refractivity contribution in [3.63, 3.8) is 0 Å². The van der Waals surface area contributed by atoms with E-state index >= 15 is 0 Å². The van der Waals surface area contributed by atoms with Crippen LogP contribution < -0.4 is 5.01 Å². The molecule has 0 saturated heterocycles. The molecule has 2 rings (SSSR count). The van der Waals surface area contributed by atoms with E-state index in [1.165, 1.54) is 17.1 Å². The molecule has 0 fully saturated rings. The van der Waals surface area contributed by atoms with Crippen LogP contribution in [0.4, 0.5) is 5.69 Å². The van der Waals surface area contributed by atoms with Crippen molar-refractivity contribution in [2.24, 2.45) is 5.10 Å². The zero-order valence-corrected chi connectivity index (χ0v) is 10.6. The first-order valence-corrected chi connectivity index (χ1v) is 6.83. The highest BCUT2D eigenvalue weighted by Gasteiger charge is 2.22. The highest BCUT2D eigenvalue weighted by molar-refractivity contribution is 7.94. The molecule has 0 aromatic heterocycles. The molecule has 1 aliphatic heterocycles. The monoisotopic (exact) mass is 264 g/mol. The second kappa shape index (κ2) is 4.38. The maximum Gasteiger partial charge on any atom is 0.253 e. The Balaban J connectivity index is 2.34. The van der Waals surface area contributed by atoms with E-state index in [9.17, 15) is 13.2 Å². The van der Waals surface area contributed by atoms with E-state index in [2.05, 4.69) is 11.7 Å². The lowest BCUT2D eigenvalue weighted by Gasteiger charge is -2.11. The van der Waals surface area contributed by atoms with Gasteiger partial charge in [0.15, 0.2) is 9.84 Å². The molecule has 94 valence electrons. The van der Waals surface area contributed by atoms with Crippen molar-refractivity contribution in [2.75, 3.05) is 5.01 Å². The van der Waals surface area contributed by atoms with Crippen LogP contribution in [0.2, 0.25) is 0 Å². The summed E-state index contributed by atoms with van der Waals surface area (Å²) in [6.07, 6.45) is 0.298. The number of benzene rings is 1. The van der Waals surface area contributed by atoms with E-state index in [1.807, 2.05) is 0 Å². The van der Waals surface area contributed by atoms with Crippen LogP contribution in [-0.4, -0.2) is 20.0 Å². The van der Waals surface area contributed by atoms with Crippen LogP contribution in [-0.2, 0) is 14.6 Å². The second-order valence-corrected chi connectivity index (χ2v) is 5.82. The van der Waals surface area contributed by atoms with Gasteiger partial charge < -0.3 is 0 Å². The van der Waals surface area contributed by atoms with Gasteiger partial charge in [-0.25, -0.2) is 13.4 Å². The summed E-state index contributed by atoms with van der Waals surface area (Å²) in [6.45, 7) is 5.03. The molecule has 0 saturated carbocycles. The summed E-state index contributed by atoms with van der Waals surface area (Å²) in [5.41, 5.74) is 1.29. The Morgan fingerprint density at radius 1 is 1.33 bits per heavy atom. The summed E-state index contributed by atoms with van der Waals surface area (Å²) < 4.78 is 23.0. The maximum atomic E-state index is 11.6. The van der Waals surface area contributed by atoms with Crippen molar-refractivity contribution >= 4 is 27.1 Å². The SMILES string of the molecule is C=CS(=O)(=O)c1ccc(N2N=C(C)CC2=O)cc1. The van der Waals surface area contributed by atoms with E-state index in [0.717, 1.165) is 11.1 Å². The molecule has 1 aromatic carbocycles. The fraction of sp³-hybridized carbons (Fsp3) is 0.167. The summed E-state index contributed by atoms with van der Waals surface area (Å²) >= 11 is 0. The van der Waals surface area contributed by atoms with Crippen LogP contribution in [0.25, 0.3) is 0 Å². The number of sulfone groups is 1. The van der Waals surface area contributed by atoms with Gasteiger partial charge in [0.2, 0.25) is 0 Å². The molecule has 1 amide bonds. The Kier molecular flexibility index (Phi) is 3.04. The van der Waals surface area contributed by atoms with Gasteiger partial charge in [-0.1, -0.05) is 6.58 Å². The standard InChI is InChI=1S/C12H12N2O3S/c1-3-18(16,17)11-6-4-10(5-7-11)14-12(15)8-9(2)13-14/h3-7H,1,8H2,2H3. The van der Waals surface area contributed by atoms with Gasteiger partial charge >= 0.3 is 0 Å². The molecule has 1 aliphatic rings. The van der Waals surface area contributed by atoms with E-state index in [4.69, 9.17) is 0 Å². The molecular weight excluding hydrogens is 252 g/mol. The van der Waals surface area contributed by atoms with Crippen molar-refractivity contribution in [1.29, 1.82) is 0 Å². The van der Waals surface area contributed by atoms with E-state index < -0.39 is 9.84 Å². The molecule has 6 heteroatoms. The average molecular weight is 264 g/mol. The quantitative estimate of drug-likeness (QED) is 0.834. The topological polar surface area (TPSA) is 66.8 Å². The van der Waals surface area contributed by atoms with Gasteiger partial charge in [0.05, 0.1) is 17.0 Å². The molecule has 0 N–H and O–H groups in total. The number of hydrogen-bond acceptors (Lipinski definition) is 4. The Morgan fingerprint density at radius 3 is 2.39 bits per heavy atom. The molecule has 1 heterocycles. The normalized spacial score (nSPS) is 15.7. The van der Waals surface area contributed by atoms with Crippen LogP contribution in [0.5, 0.6) is 0 Å². The number of hydrogen-bond donors (Lipinski definition) is 0. The van der Waals surface area contributed by atoms with Crippen LogP contribution >= 0.6 is 0 Å². The minimum Gasteiger partial charge on any atom is -0.272 e. The highest BCUT2D eigenvalue weighted by atomic mass is 32.2. The first-order chi connectivity index (χ1) is 8.44. The van der Waals surface area contributed by atoms with Crippen LogP contribution in [0, 0.1) is 0 Å². The van der Waals surface area contributed by atoms with Crippen molar-refractivity contribution in [1.82, 2.24) is 0 Å². The lowest BCUT2D eigenvalue weighted by Crippen LogP contribution is -2.19. The molecule has 0 atom stereocenters. The molecule has 0 aliphatic carbocycles. The molecule has 0 unspecified atom stereocenters. The number of nitrogens with zero attached hydrogens (tertiary/aromatic N) is 2. The average Bonchev–Trinajstić information content (AvgIpc) is 2.69. The van der Waals surface area contributed by atoms with Crippen LogP contribution in [0.15, 0.2) is 46.2 Å². The third-order valence-corrected chi connectivity index (χ3v) is 3.91. The van der Waals surface area contributed by atoms with Crippen molar-refractivity contribution in [3.05, 3.63) is 36.3 Å². The second-order valence-electron chi connectivity index (χ2n) is 3.92. The lowest BCUT2D eigenvalue weighted by molar-refractivity contribution is -0.116. The Bertz CT molecular complexity index is 630. The maximum absolute atomic E-state index is 11.6. The van der Waals surface area contributed by atoms with Gasteiger partial charge in [0, 0.05) is 11.1 Å². The predicted octanol–water partition coefficient (Wildman–Crippen LogP) is 1.72. The predicted molar refractivity (Wildman–Crippen MR) is 69.0 cm³/mol. The number of rotatable bonds is 3. The van der Waals surface area contributed by atoms with E-state index in [0.29, 0.717) is 12.1 Å². The number of anilines is 1. The molecule has 0 spiro atoms. The third-order valence-electron chi connectivity index (χ3n) is 2.54. The summed E-state index contributed by atoms with van der Waals surface area (Å²) in [4.78, 5) is 11.7. The number of amides is 1. The molecule has 1 aromatic rings. The number of carbonyl (C=O) groups excluding carboxylic acids is 1. The number of hydrazone groups is 1. The highest BCUT2D eigenvalue weighted by Crippen LogP contribution is 2.22. The fourth-order valence-corrected chi connectivity index (χ4v) is 2.34. The van der Waals surface area contributed by atoms with Crippen molar-refractivity contribution in [2.45, 2.75) is 18.2 Å². The Hall–Kier alpha value is -1.95. The first kappa shape index (κ1) is 12.5. The van der Waals surface area contributed by atoms with Crippen LogP contribution in [0.1, 0.15) is 13.3 Å². The van der Waals surface area contributed by atoms with Gasteiger partial charge in [-0.2, -0.15) is 5.10 Å². The van der Waals surface area contributed by atoms with Gasteiger partial charge in [-0.3, -0.25) is 4.79 Å². The largest absolute Gasteiger partial charge is 0.272 e. The summed E-state index contributed by atoms with van der Waals surface area (Å²) in [6, 6.07) is 5.97. The summed E-state index contributed by atoms with van der Waals surface area (Å²) in [7, 11) is -3.44. The van der Waals surface area contributed by atoms with Crippen molar-refractivity contribution < 1.29 is 13.2 Å². The van der Waals surface area contributed by atoms with Gasteiger partial charge in [0.25, 0.3) is 5.91 Å². The summed E-state index contributed by atoms with van der Waals surface area (Å²) in [5.74, 6) is -0.119. The molecule has 0 radical (unpaired) electrons. The van der Waals surface area contributed by atoms with Gasteiger partial charge in [0.1, 0.15) is 0 Å². The van der Waals surface area contributed by atoms with Gasteiger partial charge in [-0.05, 0) is 31.2 Å². The fourth-order valence-electron chi connectivity index (χ4n) is 1.63. The lowest BCUT2D eigenvalue weighted by atomic mass is 10.3. The van der Waals surface area contributed by atoms with E-state index in [1.54, 1.807) is 19.1 Å². The Labute approximate surface area is 105 Å². The molecule has 5 nitrogen and oxygen atoms in total. The minimum atomic E-state index is -3.44. The molecule has 18 heavy (non-hydrogen) atoms. The first-order valence-electron chi connectivity index (χ1n) is 5.28. The van der Waals surface area contributed by atoms with E-state index in [-0.39, 0.29) is 10.8 Å². The summed E-state index contributed by atoms with van der Waals surface area (Å²) in [5, 5.41) is 6.25. The Morgan fingerprint density at radius 2 is 1.94 bits per heavy atom. The van der Waals surface area contributed by atoms with Crippen LogP contribution in [0.3, 0.4) is 0 Å².